The standard InChI is InChI=1S/C11H14O3/c1-2-9(11(13)14)10(12)8-6-4-3-5-7-8/h3-7,9-10,12H,2H2,1H3,(H,13,14). The number of hydrogen-bond donors (Lipinski definition) is 2. The maximum absolute atomic E-state index is 10.8. The molecule has 0 aliphatic heterocycles. The Bertz CT molecular complexity index is 295. The third kappa shape index (κ3) is 2.33. The highest BCUT2D eigenvalue weighted by atomic mass is 16.4. The van der Waals surface area contributed by atoms with Crippen molar-refractivity contribution in [2.75, 3.05) is 0 Å². The fourth-order valence-corrected chi connectivity index (χ4v) is 1.42. The maximum Gasteiger partial charge on any atom is 0.309 e. The highest BCUT2D eigenvalue weighted by Crippen LogP contribution is 2.24. The summed E-state index contributed by atoms with van der Waals surface area (Å²) in [5.41, 5.74) is 0.654. The number of carboxylic acid groups (broad SMARTS) is 1. The Labute approximate surface area is 83.0 Å². The molecule has 0 bridgehead atoms. The molecule has 0 amide bonds. The Hall–Kier alpha value is -1.35. The summed E-state index contributed by atoms with van der Waals surface area (Å²) >= 11 is 0. The molecule has 0 aliphatic rings. The summed E-state index contributed by atoms with van der Waals surface area (Å²) in [6.07, 6.45) is -0.496. The third-order valence-corrected chi connectivity index (χ3v) is 2.28. The zero-order valence-electron chi connectivity index (χ0n) is 8.05. The molecule has 0 radical (unpaired) electrons. The van der Waals surface area contributed by atoms with Gasteiger partial charge in [0, 0.05) is 0 Å². The van der Waals surface area contributed by atoms with E-state index >= 15 is 0 Å². The van der Waals surface area contributed by atoms with E-state index in [4.69, 9.17) is 5.11 Å². The first-order chi connectivity index (χ1) is 6.66. The lowest BCUT2D eigenvalue weighted by Crippen LogP contribution is -2.21. The highest BCUT2D eigenvalue weighted by molar-refractivity contribution is 5.70. The summed E-state index contributed by atoms with van der Waals surface area (Å²) in [6.45, 7) is 1.75. The lowest BCUT2D eigenvalue weighted by atomic mass is 9.94. The van der Waals surface area contributed by atoms with Crippen molar-refractivity contribution in [1.29, 1.82) is 0 Å². The SMILES string of the molecule is CCC(C(=O)O)C(O)c1ccccc1. The van der Waals surface area contributed by atoms with Gasteiger partial charge in [-0.1, -0.05) is 37.3 Å². The van der Waals surface area contributed by atoms with Crippen molar-refractivity contribution in [3.05, 3.63) is 35.9 Å². The summed E-state index contributed by atoms with van der Waals surface area (Å²) in [5.74, 6) is -1.68. The number of hydrogen-bond acceptors (Lipinski definition) is 2. The van der Waals surface area contributed by atoms with Crippen LogP contribution in [0.3, 0.4) is 0 Å². The van der Waals surface area contributed by atoms with E-state index in [-0.39, 0.29) is 0 Å². The van der Waals surface area contributed by atoms with E-state index in [1.807, 2.05) is 6.07 Å². The van der Waals surface area contributed by atoms with Gasteiger partial charge in [0.05, 0.1) is 12.0 Å². The van der Waals surface area contributed by atoms with E-state index in [1.54, 1.807) is 31.2 Å². The fraction of sp³-hybridized carbons (Fsp3) is 0.364. The zero-order valence-corrected chi connectivity index (χ0v) is 8.05. The quantitative estimate of drug-likeness (QED) is 0.768. The number of aliphatic hydroxyl groups is 1. The lowest BCUT2D eigenvalue weighted by molar-refractivity contribution is -0.146. The largest absolute Gasteiger partial charge is 0.481 e. The van der Waals surface area contributed by atoms with E-state index in [0.717, 1.165) is 0 Å². The molecule has 3 nitrogen and oxygen atoms in total. The van der Waals surface area contributed by atoms with Gasteiger partial charge in [-0.2, -0.15) is 0 Å². The van der Waals surface area contributed by atoms with Crippen LogP contribution in [-0.4, -0.2) is 16.2 Å². The summed E-state index contributed by atoms with van der Waals surface area (Å²) < 4.78 is 0. The molecule has 0 aliphatic carbocycles. The minimum atomic E-state index is -0.955. The van der Waals surface area contributed by atoms with Gasteiger partial charge in [0.2, 0.25) is 0 Å². The van der Waals surface area contributed by atoms with Crippen LogP contribution in [-0.2, 0) is 4.79 Å². The van der Waals surface area contributed by atoms with Crippen LogP contribution in [0.15, 0.2) is 30.3 Å². The first kappa shape index (κ1) is 10.7. The number of rotatable bonds is 4. The fourth-order valence-electron chi connectivity index (χ4n) is 1.42. The van der Waals surface area contributed by atoms with Gasteiger partial charge in [-0.3, -0.25) is 4.79 Å². The number of aliphatic carboxylic acids is 1. The van der Waals surface area contributed by atoms with Crippen LogP contribution in [0.2, 0.25) is 0 Å². The van der Waals surface area contributed by atoms with Gasteiger partial charge >= 0.3 is 5.97 Å². The molecule has 2 unspecified atom stereocenters. The Morgan fingerprint density at radius 3 is 2.36 bits per heavy atom. The van der Waals surface area contributed by atoms with Gasteiger partial charge in [-0.15, -0.1) is 0 Å². The number of benzene rings is 1. The number of aliphatic hydroxyl groups excluding tert-OH is 1. The van der Waals surface area contributed by atoms with Gasteiger partial charge in [0.1, 0.15) is 0 Å². The maximum atomic E-state index is 10.8. The Morgan fingerprint density at radius 2 is 1.93 bits per heavy atom. The summed E-state index contributed by atoms with van der Waals surface area (Å²) in [6, 6.07) is 8.87. The predicted octanol–water partition coefficient (Wildman–Crippen LogP) is 1.83. The molecule has 76 valence electrons. The third-order valence-electron chi connectivity index (χ3n) is 2.28. The van der Waals surface area contributed by atoms with Crippen LogP contribution in [0, 0.1) is 5.92 Å². The first-order valence-electron chi connectivity index (χ1n) is 4.62. The molecule has 0 fully saturated rings. The first-order valence-corrected chi connectivity index (χ1v) is 4.62. The topological polar surface area (TPSA) is 57.5 Å². The van der Waals surface area contributed by atoms with Gasteiger partial charge in [0.25, 0.3) is 0 Å². The molecule has 0 heterocycles. The molecular weight excluding hydrogens is 180 g/mol. The van der Waals surface area contributed by atoms with Crippen molar-refractivity contribution < 1.29 is 15.0 Å². The molecule has 0 aromatic heterocycles. The Balaban J connectivity index is 2.83. The molecule has 2 atom stereocenters. The minimum Gasteiger partial charge on any atom is -0.481 e. The smallest absolute Gasteiger partial charge is 0.309 e. The normalized spacial score (nSPS) is 14.7. The summed E-state index contributed by atoms with van der Waals surface area (Å²) in [7, 11) is 0. The van der Waals surface area contributed by atoms with E-state index < -0.39 is 18.0 Å². The molecule has 1 aromatic rings. The van der Waals surface area contributed by atoms with E-state index in [0.29, 0.717) is 12.0 Å². The Morgan fingerprint density at radius 1 is 1.36 bits per heavy atom. The lowest BCUT2D eigenvalue weighted by Gasteiger charge is -2.17. The van der Waals surface area contributed by atoms with E-state index in [1.165, 1.54) is 0 Å². The molecule has 1 rings (SSSR count). The van der Waals surface area contributed by atoms with Crippen molar-refractivity contribution in [2.45, 2.75) is 19.4 Å². The van der Waals surface area contributed by atoms with Crippen LogP contribution in [0.4, 0.5) is 0 Å². The van der Waals surface area contributed by atoms with Gasteiger partial charge < -0.3 is 10.2 Å². The van der Waals surface area contributed by atoms with Crippen molar-refractivity contribution in [3.63, 3.8) is 0 Å². The van der Waals surface area contributed by atoms with Crippen LogP contribution in [0.25, 0.3) is 0 Å². The van der Waals surface area contributed by atoms with Gasteiger partial charge in [-0.05, 0) is 12.0 Å². The van der Waals surface area contributed by atoms with E-state index in [2.05, 4.69) is 0 Å². The number of carbonyl (C=O) groups is 1. The molecule has 0 saturated heterocycles. The highest BCUT2D eigenvalue weighted by Gasteiger charge is 2.25. The van der Waals surface area contributed by atoms with Crippen molar-refractivity contribution in [3.8, 4) is 0 Å². The van der Waals surface area contributed by atoms with Crippen molar-refractivity contribution in [2.24, 2.45) is 5.92 Å². The summed E-state index contributed by atoms with van der Waals surface area (Å²) in [4.78, 5) is 10.8. The monoisotopic (exact) mass is 194 g/mol. The Kier molecular flexibility index (Phi) is 3.65. The van der Waals surface area contributed by atoms with E-state index in [9.17, 15) is 9.90 Å². The second-order valence-electron chi connectivity index (χ2n) is 3.21. The van der Waals surface area contributed by atoms with Crippen molar-refractivity contribution >= 4 is 5.97 Å². The average Bonchev–Trinajstić information content (AvgIpc) is 2.19. The van der Waals surface area contributed by atoms with Gasteiger partial charge in [0.15, 0.2) is 0 Å². The van der Waals surface area contributed by atoms with Crippen LogP contribution in [0.5, 0.6) is 0 Å². The van der Waals surface area contributed by atoms with Crippen LogP contribution < -0.4 is 0 Å². The second-order valence-corrected chi connectivity index (χ2v) is 3.21. The predicted molar refractivity (Wildman–Crippen MR) is 52.8 cm³/mol. The molecule has 0 saturated carbocycles. The van der Waals surface area contributed by atoms with Gasteiger partial charge in [-0.25, -0.2) is 0 Å². The minimum absolute atomic E-state index is 0.422. The molecule has 14 heavy (non-hydrogen) atoms. The average molecular weight is 194 g/mol. The zero-order chi connectivity index (χ0) is 10.6. The van der Waals surface area contributed by atoms with Crippen molar-refractivity contribution in [1.82, 2.24) is 0 Å². The molecule has 3 heteroatoms. The van der Waals surface area contributed by atoms with Crippen LogP contribution >= 0.6 is 0 Å². The van der Waals surface area contributed by atoms with Crippen LogP contribution in [0.1, 0.15) is 25.0 Å². The number of carboxylic acids is 1. The second kappa shape index (κ2) is 4.77. The molecule has 1 aromatic carbocycles. The molecule has 2 N–H and O–H groups in total. The molecule has 0 spiro atoms. The molecular formula is C11H14O3. The summed E-state index contributed by atoms with van der Waals surface area (Å²) in [5, 5.41) is 18.6.